The van der Waals surface area contributed by atoms with Crippen molar-refractivity contribution in [2.45, 2.75) is 50.5 Å². The minimum atomic E-state index is -0.166. The van der Waals surface area contributed by atoms with Crippen LogP contribution in [-0.4, -0.2) is 28.5 Å². The Labute approximate surface area is 106 Å². The zero-order chi connectivity index (χ0) is 12.1. The molecule has 0 aliphatic heterocycles. The van der Waals surface area contributed by atoms with Crippen LogP contribution in [0.25, 0.3) is 0 Å². The van der Waals surface area contributed by atoms with E-state index in [1.807, 2.05) is 13.8 Å². The minimum absolute atomic E-state index is 0.0649. The molecule has 0 aromatic heterocycles. The van der Waals surface area contributed by atoms with E-state index in [0.29, 0.717) is 18.4 Å². The van der Waals surface area contributed by atoms with Crippen LogP contribution in [0.3, 0.4) is 0 Å². The van der Waals surface area contributed by atoms with Gasteiger partial charge in [-0.15, -0.1) is 0 Å². The van der Waals surface area contributed by atoms with Crippen LogP contribution < -0.4 is 5.32 Å². The number of carbonyl (C=O) groups is 1. The average Bonchev–Trinajstić information content (AvgIpc) is 2.24. The Bertz CT molecular complexity index is 233. The van der Waals surface area contributed by atoms with Crippen LogP contribution >= 0.6 is 15.9 Å². The maximum atomic E-state index is 11.7. The summed E-state index contributed by atoms with van der Waals surface area (Å²) in [5.74, 6) is 0.812. The van der Waals surface area contributed by atoms with Crippen molar-refractivity contribution in [1.29, 1.82) is 0 Å². The first-order valence-electron chi connectivity index (χ1n) is 6.10. The van der Waals surface area contributed by atoms with E-state index in [4.69, 9.17) is 0 Å². The van der Waals surface area contributed by atoms with E-state index < -0.39 is 0 Å². The predicted molar refractivity (Wildman–Crippen MR) is 68.5 cm³/mol. The van der Waals surface area contributed by atoms with Gasteiger partial charge in [0.25, 0.3) is 0 Å². The number of hydrogen-bond acceptors (Lipinski definition) is 2. The molecule has 1 amide bonds. The summed E-state index contributed by atoms with van der Waals surface area (Å²) in [6.45, 7) is 4.73. The molecule has 1 fully saturated rings. The molecular weight excluding hydrogens is 270 g/mol. The molecule has 3 unspecified atom stereocenters. The maximum Gasteiger partial charge on any atom is 0.234 e. The van der Waals surface area contributed by atoms with E-state index in [1.54, 1.807) is 0 Å². The first-order chi connectivity index (χ1) is 7.50. The summed E-state index contributed by atoms with van der Waals surface area (Å²) in [6, 6.07) is 0. The predicted octanol–water partition coefficient (Wildman–Crippen LogP) is 2.07. The molecule has 0 spiro atoms. The Hall–Kier alpha value is -0.0900. The van der Waals surface area contributed by atoms with Crippen LogP contribution in [0.5, 0.6) is 0 Å². The quantitative estimate of drug-likeness (QED) is 0.779. The van der Waals surface area contributed by atoms with Gasteiger partial charge in [0.15, 0.2) is 0 Å². The zero-order valence-electron chi connectivity index (χ0n) is 10.1. The Kier molecular flexibility index (Phi) is 5.76. The van der Waals surface area contributed by atoms with E-state index in [2.05, 4.69) is 21.2 Å². The Morgan fingerprint density at radius 3 is 2.75 bits per heavy atom. The van der Waals surface area contributed by atoms with E-state index in [-0.39, 0.29) is 16.8 Å². The van der Waals surface area contributed by atoms with E-state index >= 15 is 0 Å². The van der Waals surface area contributed by atoms with Gasteiger partial charge < -0.3 is 10.4 Å². The van der Waals surface area contributed by atoms with Gasteiger partial charge in [-0.1, -0.05) is 36.2 Å². The fourth-order valence-electron chi connectivity index (χ4n) is 2.09. The molecule has 0 heterocycles. The maximum absolute atomic E-state index is 11.7. The van der Waals surface area contributed by atoms with Crippen molar-refractivity contribution in [3.05, 3.63) is 0 Å². The van der Waals surface area contributed by atoms with Crippen molar-refractivity contribution in [3.8, 4) is 0 Å². The number of rotatable bonds is 4. The van der Waals surface area contributed by atoms with Gasteiger partial charge in [-0.05, 0) is 31.1 Å². The van der Waals surface area contributed by atoms with Gasteiger partial charge >= 0.3 is 0 Å². The molecule has 3 atom stereocenters. The Morgan fingerprint density at radius 2 is 2.19 bits per heavy atom. The molecule has 0 aromatic carbocycles. The first-order valence-corrected chi connectivity index (χ1v) is 7.02. The highest BCUT2D eigenvalue weighted by molar-refractivity contribution is 9.10. The number of alkyl halides is 1. The molecule has 0 aromatic rings. The lowest BCUT2D eigenvalue weighted by molar-refractivity contribution is -0.121. The van der Waals surface area contributed by atoms with Crippen LogP contribution in [0.15, 0.2) is 0 Å². The highest BCUT2D eigenvalue weighted by atomic mass is 79.9. The second kappa shape index (κ2) is 6.60. The molecule has 0 radical (unpaired) electrons. The van der Waals surface area contributed by atoms with Crippen LogP contribution in [0.1, 0.15) is 39.5 Å². The van der Waals surface area contributed by atoms with Crippen molar-refractivity contribution in [2.75, 3.05) is 6.54 Å². The fraction of sp³-hybridized carbons (Fsp3) is 0.917. The number of hydrogen-bond donors (Lipinski definition) is 2. The lowest BCUT2D eigenvalue weighted by Crippen LogP contribution is -2.38. The van der Waals surface area contributed by atoms with E-state index in [1.165, 1.54) is 0 Å². The molecule has 1 aliphatic carbocycles. The smallest absolute Gasteiger partial charge is 0.234 e. The molecule has 1 saturated carbocycles. The Balaban J connectivity index is 2.25. The van der Waals surface area contributed by atoms with Gasteiger partial charge in [0.05, 0.1) is 10.9 Å². The molecule has 1 aliphatic rings. The van der Waals surface area contributed by atoms with Gasteiger partial charge in [-0.2, -0.15) is 0 Å². The van der Waals surface area contributed by atoms with Crippen molar-refractivity contribution < 1.29 is 9.90 Å². The summed E-state index contributed by atoms with van der Waals surface area (Å²) in [5.41, 5.74) is 0. The second-order valence-corrected chi connectivity index (χ2v) is 6.06. The van der Waals surface area contributed by atoms with Gasteiger partial charge in [0.1, 0.15) is 0 Å². The molecule has 16 heavy (non-hydrogen) atoms. The lowest BCUT2D eigenvalue weighted by Gasteiger charge is -2.26. The third-order valence-electron chi connectivity index (χ3n) is 3.16. The summed E-state index contributed by atoms with van der Waals surface area (Å²) >= 11 is 3.38. The molecular formula is C12H22BrNO2. The van der Waals surface area contributed by atoms with Gasteiger partial charge in [-0.25, -0.2) is 0 Å². The summed E-state index contributed by atoms with van der Waals surface area (Å²) in [6.07, 6.45) is 3.77. The highest BCUT2D eigenvalue weighted by Gasteiger charge is 2.23. The van der Waals surface area contributed by atoms with Gasteiger partial charge in [-0.3, -0.25) is 4.79 Å². The van der Waals surface area contributed by atoms with Crippen molar-refractivity contribution in [3.63, 3.8) is 0 Å². The standard InChI is InChI=1S/C12H22BrNO2/c1-8(2)11(13)12(16)14-7-9-4-3-5-10(15)6-9/h8-11,15H,3-7H2,1-2H3,(H,14,16). The number of aliphatic hydroxyl groups excluding tert-OH is 1. The average molecular weight is 292 g/mol. The highest BCUT2D eigenvalue weighted by Crippen LogP contribution is 2.23. The Morgan fingerprint density at radius 1 is 1.50 bits per heavy atom. The van der Waals surface area contributed by atoms with Crippen LogP contribution in [0.4, 0.5) is 0 Å². The van der Waals surface area contributed by atoms with Crippen molar-refractivity contribution in [2.24, 2.45) is 11.8 Å². The molecule has 3 nitrogen and oxygen atoms in total. The van der Waals surface area contributed by atoms with E-state index in [9.17, 15) is 9.90 Å². The minimum Gasteiger partial charge on any atom is -0.393 e. The van der Waals surface area contributed by atoms with E-state index in [0.717, 1.165) is 25.7 Å². The second-order valence-electron chi connectivity index (χ2n) is 5.08. The van der Waals surface area contributed by atoms with Gasteiger partial charge in [0.2, 0.25) is 5.91 Å². The largest absolute Gasteiger partial charge is 0.393 e. The lowest BCUT2D eigenvalue weighted by atomic mass is 9.87. The first kappa shape index (κ1) is 14.0. The van der Waals surface area contributed by atoms with Crippen LogP contribution in [0.2, 0.25) is 0 Å². The third kappa shape index (κ3) is 4.42. The summed E-state index contributed by atoms with van der Waals surface area (Å²) in [7, 11) is 0. The van der Waals surface area contributed by atoms with Gasteiger partial charge in [0, 0.05) is 6.54 Å². The number of aliphatic hydroxyl groups is 1. The fourth-order valence-corrected chi connectivity index (χ4v) is 2.26. The molecule has 1 rings (SSSR count). The number of halogens is 1. The topological polar surface area (TPSA) is 49.3 Å². The van der Waals surface area contributed by atoms with Crippen LogP contribution in [0, 0.1) is 11.8 Å². The summed E-state index contributed by atoms with van der Waals surface area (Å²) in [5, 5.41) is 12.5. The van der Waals surface area contributed by atoms with Crippen molar-refractivity contribution in [1.82, 2.24) is 5.32 Å². The monoisotopic (exact) mass is 291 g/mol. The van der Waals surface area contributed by atoms with Crippen molar-refractivity contribution >= 4 is 21.8 Å². The van der Waals surface area contributed by atoms with Crippen LogP contribution in [-0.2, 0) is 4.79 Å². The molecule has 2 N–H and O–H groups in total. The normalized spacial score (nSPS) is 27.8. The summed E-state index contributed by atoms with van der Waals surface area (Å²) < 4.78 is 0. The number of nitrogens with one attached hydrogen (secondary N) is 1. The number of carbonyl (C=O) groups excluding carboxylic acids is 1. The molecule has 0 bridgehead atoms. The zero-order valence-corrected chi connectivity index (χ0v) is 11.7. The molecule has 4 heteroatoms. The SMILES string of the molecule is CC(C)C(Br)C(=O)NCC1CCCC(O)C1. The summed E-state index contributed by atoms with van der Waals surface area (Å²) in [4.78, 5) is 11.6. The molecule has 94 valence electrons. The molecule has 0 saturated heterocycles. The third-order valence-corrected chi connectivity index (χ3v) is 4.63. The number of amides is 1.